The van der Waals surface area contributed by atoms with Crippen LogP contribution in [0.1, 0.15) is 37.3 Å². The maximum absolute atomic E-state index is 5.97. The Bertz CT molecular complexity index is 804. The van der Waals surface area contributed by atoms with Gasteiger partial charge in [0.05, 0.1) is 19.8 Å². The van der Waals surface area contributed by atoms with Crippen LogP contribution in [0.3, 0.4) is 0 Å². The van der Waals surface area contributed by atoms with E-state index in [9.17, 15) is 0 Å². The predicted molar refractivity (Wildman–Crippen MR) is 128 cm³/mol. The molecule has 3 rings (SSSR count). The van der Waals surface area contributed by atoms with Gasteiger partial charge in [-0.1, -0.05) is 13.0 Å². The topological polar surface area (TPSA) is 64.6 Å². The second-order valence-electron chi connectivity index (χ2n) is 7.67. The smallest absolute Gasteiger partial charge is 0.188 e. The van der Waals surface area contributed by atoms with E-state index < -0.39 is 0 Å². The van der Waals surface area contributed by atoms with Gasteiger partial charge >= 0.3 is 0 Å². The Labute approximate surface area is 200 Å². The lowest BCUT2D eigenvalue weighted by atomic mass is 9.94. The molecular formula is C25H36O7S. The van der Waals surface area contributed by atoms with Crippen molar-refractivity contribution in [2.75, 3.05) is 54.2 Å². The van der Waals surface area contributed by atoms with Crippen molar-refractivity contribution in [3.63, 3.8) is 0 Å². The summed E-state index contributed by atoms with van der Waals surface area (Å²) in [6.45, 7) is 4.87. The Hall–Kier alpha value is -1.68. The van der Waals surface area contributed by atoms with Gasteiger partial charge in [0.25, 0.3) is 0 Å². The summed E-state index contributed by atoms with van der Waals surface area (Å²) in [5.41, 5.74) is 3.37. The first-order valence-electron chi connectivity index (χ1n) is 11.6. The number of thiophene rings is 1. The first-order valence-corrected chi connectivity index (χ1v) is 12.4. The molecule has 0 bridgehead atoms. The zero-order valence-electron chi connectivity index (χ0n) is 19.9. The highest BCUT2D eigenvalue weighted by Crippen LogP contribution is 2.43. The average molecular weight is 481 g/mol. The van der Waals surface area contributed by atoms with Crippen LogP contribution in [0.5, 0.6) is 11.5 Å². The van der Waals surface area contributed by atoms with Gasteiger partial charge in [-0.2, -0.15) is 0 Å². The third kappa shape index (κ3) is 7.67. The van der Waals surface area contributed by atoms with Gasteiger partial charge in [-0.3, -0.25) is 0 Å². The minimum Gasteiger partial charge on any atom is -0.467 e. The molecule has 0 radical (unpaired) electrons. The van der Waals surface area contributed by atoms with E-state index in [1.54, 1.807) is 25.6 Å². The van der Waals surface area contributed by atoms with Crippen LogP contribution in [0.2, 0.25) is 0 Å². The molecular weight excluding hydrogens is 444 g/mol. The highest BCUT2D eigenvalue weighted by atomic mass is 32.1. The summed E-state index contributed by atoms with van der Waals surface area (Å²) < 4.78 is 39.5. The Morgan fingerprint density at radius 2 is 1.82 bits per heavy atom. The molecule has 0 amide bonds. The minimum atomic E-state index is -0.0884. The number of benzene rings is 1. The highest BCUT2D eigenvalue weighted by molar-refractivity contribution is 7.13. The summed E-state index contributed by atoms with van der Waals surface area (Å²) in [6, 6.07) is 6.09. The molecule has 33 heavy (non-hydrogen) atoms. The quantitative estimate of drug-likeness (QED) is 0.261. The summed E-state index contributed by atoms with van der Waals surface area (Å²) in [7, 11) is 3.23. The molecule has 184 valence electrons. The van der Waals surface area contributed by atoms with E-state index in [1.165, 1.54) is 0 Å². The average Bonchev–Trinajstić information content (AvgIpc) is 3.38. The van der Waals surface area contributed by atoms with E-state index in [1.807, 2.05) is 12.1 Å². The van der Waals surface area contributed by atoms with E-state index in [2.05, 4.69) is 18.4 Å². The lowest BCUT2D eigenvalue weighted by Gasteiger charge is -2.23. The molecule has 1 fully saturated rings. The van der Waals surface area contributed by atoms with Crippen molar-refractivity contribution in [3.05, 3.63) is 34.7 Å². The van der Waals surface area contributed by atoms with Crippen molar-refractivity contribution in [2.45, 2.75) is 45.3 Å². The molecule has 2 heterocycles. The normalized spacial score (nSPS) is 16.2. The SMILES string of the molecule is CCc1c(OCOC)cc(OCOC)c(-c2cccs2)c1CCOCCOC1CCCCO1. The van der Waals surface area contributed by atoms with Gasteiger partial charge in [-0.15, -0.1) is 11.3 Å². The zero-order chi connectivity index (χ0) is 23.3. The standard InChI is InChI=1S/C25H36O7S/c1-4-19-20(10-12-28-13-14-30-24-9-5-6-11-29-24)25(23-8-7-15-33-23)22(32-18-27-3)16-21(19)31-17-26-2/h7-8,15-16,24H,4-6,9-14,17-18H2,1-3H3. The van der Waals surface area contributed by atoms with Crippen LogP contribution < -0.4 is 9.47 Å². The molecule has 8 heteroatoms. The second kappa shape index (κ2) is 14.6. The number of methoxy groups -OCH3 is 2. The Balaban J connectivity index is 1.74. The second-order valence-corrected chi connectivity index (χ2v) is 8.61. The van der Waals surface area contributed by atoms with Gasteiger partial charge in [-0.05, 0) is 54.7 Å². The molecule has 1 atom stereocenters. The van der Waals surface area contributed by atoms with Crippen molar-refractivity contribution in [2.24, 2.45) is 0 Å². The number of hydrogen-bond acceptors (Lipinski definition) is 8. The third-order valence-electron chi connectivity index (χ3n) is 5.42. The summed E-state index contributed by atoms with van der Waals surface area (Å²) in [4.78, 5) is 1.14. The zero-order valence-corrected chi connectivity index (χ0v) is 20.7. The van der Waals surface area contributed by atoms with Crippen LogP contribution in [0.4, 0.5) is 0 Å². The number of ether oxygens (including phenoxy) is 7. The maximum Gasteiger partial charge on any atom is 0.188 e. The number of rotatable bonds is 15. The van der Waals surface area contributed by atoms with Gasteiger partial charge in [0.1, 0.15) is 11.5 Å². The largest absolute Gasteiger partial charge is 0.467 e. The summed E-state index contributed by atoms with van der Waals surface area (Å²) in [6.07, 6.45) is 4.69. The summed E-state index contributed by atoms with van der Waals surface area (Å²) >= 11 is 1.68. The van der Waals surface area contributed by atoms with E-state index in [0.717, 1.165) is 71.8 Å². The Morgan fingerprint density at radius 3 is 2.48 bits per heavy atom. The summed E-state index contributed by atoms with van der Waals surface area (Å²) in [5.74, 6) is 1.49. The highest BCUT2D eigenvalue weighted by Gasteiger charge is 2.21. The van der Waals surface area contributed by atoms with Gasteiger partial charge in [0.2, 0.25) is 0 Å². The fourth-order valence-corrected chi connectivity index (χ4v) is 4.73. The monoisotopic (exact) mass is 480 g/mol. The maximum atomic E-state index is 5.97. The van der Waals surface area contributed by atoms with Crippen molar-refractivity contribution in [1.29, 1.82) is 0 Å². The van der Waals surface area contributed by atoms with Gasteiger partial charge in [0, 0.05) is 37.3 Å². The first kappa shape index (κ1) is 25.9. The minimum absolute atomic E-state index is 0.0884. The molecule has 7 nitrogen and oxygen atoms in total. The van der Waals surface area contributed by atoms with Gasteiger partial charge in [-0.25, -0.2) is 0 Å². The van der Waals surface area contributed by atoms with Crippen LogP contribution in [-0.4, -0.2) is 60.5 Å². The van der Waals surface area contributed by atoms with Gasteiger partial charge in [0.15, 0.2) is 19.9 Å². The molecule has 1 aliphatic rings. The Kier molecular flexibility index (Phi) is 11.4. The molecule has 0 spiro atoms. The molecule has 1 saturated heterocycles. The first-order chi connectivity index (χ1) is 16.3. The predicted octanol–water partition coefficient (Wildman–Crippen LogP) is 5.05. The molecule has 2 aromatic rings. The van der Waals surface area contributed by atoms with Crippen LogP contribution in [0.25, 0.3) is 10.4 Å². The van der Waals surface area contributed by atoms with Gasteiger partial charge < -0.3 is 33.2 Å². The lowest BCUT2D eigenvalue weighted by Crippen LogP contribution is -2.24. The fourth-order valence-electron chi connectivity index (χ4n) is 3.93. The molecule has 1 aromatic heterocycles. The lowest BCUT2D eigenvalue weighted by molar-refractivity contribution is -0.168. The van der Waals surface area contributed by atoms with E-state index >= 15 is 0 Å². The molecule has 0 aliphatic carbocycles. The molecule has 0 saturated carbocycles. The van der Waals surface area contributed by atoms with Crippen LogP contribution in [0.15, 0.2) is 23.6 Å². The summed E-state index contributed by atoms with van der Waals surface area (Å²) in [5, 5.41) is 2.07. The van der Waals surface area contributed by atoms with Crippen molar-refractivity contribution in [3.8, 4) is 21.9 Å². The van der Waals surface area contributed by atoms with Crippen LogP contribution >= 0.6 is 11.3 Å². The van der Waals surface area contributed by atoms with Crippen LogP contribution in [0, 0.1) is 0 Å². The van der Waals surface area contributed by atoms with Crippen molar-refractivity contribution >= 4 is 11.3 Å². The fraction of sp³-hybridized carbons (Fsp3) is 0.600. The van der Waals surface area contributed by atoms with E-state index in [-0.39, 0.29) is 19.9 Å². The van der Waals surface area contributed by atoms with E-state index in [4.69, 9.17) is 33.2 Å². The molecule has 0 N–H and O–H groups in total. The Morgan fingerprint density at radius 1 is 1.00 bits per heavy atom. The third-order valence-corrected chi connectivity index (χ3v) is 6.31. The van der Waals surface area contributed by atoms with Crippen LogP contribution in [-0.2, 0) is 36.5 Å². The van der Waals surface area contributed by atoms with E-state index in [0.29, 0.717) is 19.8 Å². The molecule has 1 aliphatic heterocycles. The number of hydrogen-bond donors (Lipinski definition) is 0. The van der Waals surface area contributed by atoms with Crippen molar-refractivity contribution in [1.82, 2.24) is 0 Å². The molecule has 1 unspecified atom stereocenters. The molecule has 1 aromatic carbocycles. The van der Waals surface area contributed by atoms with Crippen molar-refractivity contribution < 1.29 is 33.2 Å².